The second-order valence-corrected chi connectivity index (χ2v) is 7.59. The van der Waals surface area contributed by atoms with Gasteiger partial charge >= 0.3 is 0 Å². The third-order valence-corrected chi connectivity index (χ3v) is 5.39. The Labute approximate surface area is 181 Å². The molecular weight excluding hydrogens is 416 g/mol. The molecule has 0 aliphatic rings. The minimum absolute atomic E-state index is 0.0470. The number of non-ortho nitro benzene ring substituents is 1. The number of thiophene rings is 1. The van der Waals surface area contributed by atoms with Crippen LogP contribution < -0.4 is 11.1 Å². The van der Waals surface area contributed by atoms with Crippen LogP contribution in [0.25, 0.3) is 11.1 Å². The molecule has 2 aromatic heterocycles. The van der Waals surface area contributed by atoms with Crippen LogP contribution in [0, 0.1) is 10.1 Å². The van der Waals surface area contributed by atoms with Gasteiger partial charge in [-0.2, -0.15) is 11.3 Å². The topological polar surface area (TPSA) is 129 Å². The lowest BCUT2D eigenvalue weighted by Gasteiger charge is -2.09. The summed E-state index contributed by atoms with van der Waals surface area (Å²) in [4.78, 5) is 22.9. The Morgan fingerprint density at radius 1 is 1.16 bits per heavy atom. The average molecular weight is 434 g/mol. The molecule has 0 saturated carbocycles. The van der Waals surface area contributed by atoms with Gasteiger partial charge in [0.05, 0.1) is 22.5 Å². The highest BCUT2D eigenvalue weighted by molar-refractivity contribution is 7.08. The van der Waals surface area contributed by atoms with Gasteiger partial charge < -0.3 is 11.1 Å². The maximum absolute atomic E-state index is 12.6. The largest absolute Gasteiger partial charge is 0.397 e. The molecule has 0 aliphatic carbocycles. The second-order valence-electron chi connectivity index (χ2n) is 6.81. The quantitative estimate of drug-likeness (QED) is 0.257. The Morgan fingerprint density at radius 2 is 1.97 bits per heavy atom. The molecule has 2 heterocycles. The van der Waals surface area contributed by atoms with Gasteiger partial charge in [-0.05, 0) is 52.1 Å². The van der Waals surface area contributed by atoms with Gasteiger partial charge in [0, 0.05) is 18.7 Å². The van der Waals surface area contributed by atoms with Gasteiger partial charge in [0.1, 0.15) is 0 Å². The van der Waals surface area contributed by atoms with Crippen LogP contribution in [0.15, 0.2) is 65.5 Å². The number of nitrogens with zero attached hydrogens (tertiary/aromatic N) is 4. The van der Waals surface area contributed by atoms with Crippen molar-refractivity contribution in [2.24, 2.45) is 0 Å². The second kappa shape index (κ2) is 8.76. The molecule has 0 atom stereocenters. The van der Waals surface area contributed by atoms with Gasteiger partial charge in [0.15, 0.2) is 5.69 Å². The van der Waals surface area contributed by atoms with Crippen LogP contribution in [0.5, 0.6) is 0 Å². The number of hydrogen-bond donors (Lipinski definition) is 2. The highest BCUT2D eigenvalue weighted by Gasteiger charge is 2.14. The van der Waals surface area contributed by atoms with Crippen molar-refractivity contribution in [3.05, 3.63) is 86.9 Å². The molecule has 0 spiro atoms. The van der Waals surface area contributed by atoms with E-state index in [-0.39, 0.29) is 11.4 Å². The molecule has 31 heavy (non-hydrogen) atoms. The Bertz CT molecular complexity index is 1220. The highest BCUT2D eigenvalue weighted by atomic mass is 32.1. The van der Waals surface area contributed by atoms with Crippen molar-refractivity contribution in [2.45, 2.75) is 13.0 Å². The zero-order valence-electron chi connectivity index (χ0n) is 16.3. The average Bonchev–Trinajstić information content (AvgIpc) is 3.46. The van der Waals surface area contributed by atoms with Crippen LogP contribution in [0.2, 0.25) is 0 Å². The first-order valence-corrected chi connectivity index (χ1v) is 10.3. The molecule has 0 aliphatic heterocycles. The number of carbonyl (C=O) groups excluding carboxylic acids is 1. The molecule has 156 valence electrons. The lowest BCUT2D eigenvalue weighted by Crippen LogP contribution is -2.13. The predicted molar refractivity (Wildman–Crippen MR) is 119 cm³/mol. The fourth-order valence-corrected chi connectivity index (χ4v) is 3.66. The number of nitrogens with two attached hydrogens (primary N) is 1. The van der Waals surface area contributed by atoms with Gasteiger partial charge in [-0.3, -0.25) is 19.6 Å². The molecule has 10 heteroatoms. The molecular formula is C21H18N6O3S. The number of rotatable bonds is 7. The summed E-state index contributed by atoms with van der Waals surface area (Å²) in [7, 11) is 0. The molecule has 4 rings (SSSR count). The number of hydrogen-bond acceptors (Lipinski definition) is 7. The van der Waals surface area contributed by atoms with Gasteiger partial charge in [-0.25, -0.2) is 0 Å². The van der Waals surface area contributed by atoms with E-state index < -0.39 is 10.8 Å². The van der Waals surface area contributed by atoms with Gasteiger partial charge in [0.25, 0.3) is 11.6 Å². The summed E-state index contributed by atoms with van der Waals surface area (Å²) >= 11 is 1.59. The van der Waals surface area contributed by atoms with Crippen molar-refractivity contribution < 1.29 is 9.72 Å². The normalized spacial score (nSPS) is 10.7. The minimum atomic E-state index is -0.436. The van der Waals surface area contributed by atoms with E-state index in [1.54, 1.807) is 40.4 Å². The first-order chi connectivity index (χ1) is 15.0. The minimum Gasteiger partial charge on any atom is -0.397 e. The van der Waals surface area contributed by atoms with Crippen LogP contribution in [0.3, 0.4) is 0 Å². The fourth-order valence-electron chi connectivity index (χ4n) is 3.00. The van der Waals surface area contributed by atoms with E-state index in [1.165, 1.54) is 12.1 Å². The predicted octanol–water partition coefficient (Wildman–Crippen LogP) is 3.99. The lowest BCUT2D eigenvalue weighted by atomic mass is 10.1. The van der Waals surface area contributed by atoms with Gasteiger partial charge in [-0.15, -0.1) is 5.10 Å². The maximum atomic E-state index is 12.6. The molecule has 9 nitrogen and oxygen atoms in total. The molecule has 2 aromatic carbocycles. The van der Waals surface area contributed by atoms with Crippen molar-refractivity contribution in [3.8, 4) is 11.1 Å². The number of nitro benzene ring substituents is 1. The molecule has 4 aromatic rings. The van der Waals surface area contributed by atoms with Crippen LogP contribution in [-0.4, -0.2) is 25.8 Å². The van der Waals surface area contributed by atoms with Crippen molar-refractivity contribution in [1.29, 1.82) is 0 Å². The van der Waals surface area contributed by atoms with E-state index in [9.17, 15) is 14.9 Å². The first-order valence-electron chi connectivity index (χ1n) is 9.36. The van der Waals surface area contributed by atoms with Crippen molar-refractivity contribution in [1.82, 2.24) is 15.0 Å². The van der Waals surface area contributed by atoms with E-state index in [0.29, 0.717) is 24.3 Å². The number of carbonyl (C=O) groups is 1. The Balaban J connectivity index is 1.40. The SMILES string of the molecule is Nc1ccc(-c2ccsc2)cc1NC(=O)c1cn(CCc2ccc([N+](=O)[O-])cc2)nn1. The van der Waals surface area contributed by atoms with E-state index in [2.05, 4.69) is 15.6 Å². The molecule has 0 radical (unpaired) electrons. The summed E-state index contributed by atoms with van der Waals surface area (Å²) in [6.07, 6.45) is 2.15. The van der Waals surface area contributed by atoms with Crippen LogP contribution >= 0.6 is 11.3 Å². The van der Waals surface area contributed by atoms with Crippen LogP contribution in [0.1, 0.15) is 16.1 Å². The smallest absolute Gasteiger partial charge is 0.277 e. The zero-order valence-corrected chi connectivity index (χ0v) is 17.1. The summed E-state index contributed by atoms with van der Waals surface area (Å²) in [5, 5.41) is 25.4. The Morgan fingerprint density at radius 3 is 2.68 bits per heavy atom. The van der Waals surface area contributed by atoms with Crippen LogP contribution in [0.4, 0.5) is 17.1 Å². The standard InChI is InChI=1S/C21H18N6O3S/c22-18-6-3-15(16-8-10-31-13-16)11-19(18)23-21(28)20-12-26(25-24-20)9-7-14-1-4-17(5-2-14)27(29)30/h1-6,8,10-13H,7,9,22H2,(H,23,28). The lowest BCUT2D eigenvalue weighted by molar-refractivity contribution is -0.384. The number of amides is 1. The number of benzene rings is 2. The van der Waals surface area contributed by atoms with Gasteiger partial charge in [0.2, 0.25) is 0 Å². The molecule has 0 fully saturated rings. The first kappa shape index (κ1) is 20.2. The number of aromatic nitrogens is 3. The third-order valence-electron chi connectivity index (χ3n) is 4.70. The van der Waals surface area contributed by atoms with E-state index >= 15 is 0 Å². The molecule has 0 bridgehead atoms. The Hall–Kier alpha value is -4.05. The third kappa shape index (κ3) is 4.75. The van der Waals surface area contributed by atoms with Gasteiger partial charge in [-0.1, -0.05) is 23.4 Å². The molecule has 3 N–H and O–H groups in total. The van der Waals surface area contributed by atoms with Crippen LogP contribution in [-0.2, 0) is 13.0 Å². The van der Waals surface area contributed by atoms with Crippen molar-refractivity contribution in [3.63, 3.8) is 0 Å². The van der Waals surface area contributed by atoms with Crippen molar-refractivity contribution in [2.75, 3.05) is 11.1 Å². The van der Waals surface area contributed by atoms with E-state index in [4.69, 9.17) is 5.73 Å². The number of nitrogen functional groups attached to an aromatic ring is 1. The number of nitro groups is 1. The Kier molecular flexibility index (Phi) is 5.72. The molecule has 0 saturated heterocycles. The van der Waals surface area contributed by atoms with Crippen molar-refractivity contribution >= 4 is 34.3 Å². The van der Waals surface area contributed by atoms with E-state index in [1.807, 2.05) is 29.0 Å². The summed E-state index contributed by atoms with van der Waals surface area (Å²) in [5.41, 5.74) is 10.1. The molecule has 1 amide bonds. The fraction of sp³-hybridized carbons (Fsp3) is 0.0952. The van der Waals surface area contributed by atoms with E-state index in [0.717, 1.165) is 16.7 Å². The molecule has 0 unspecified atom stereocenters. The monoisotopic (exact) mass is 434 g/mol. The summed E-state index contributed by atoms with van der Waals surface area (Å²) in [6.45, 7) is 0.480. The highest BCUT2D eigenvalue weighted by Crippen LogP contribution is 2.28. The number of anilines is 2. The summed E-state index contributed by atoms with van der Waals surface area (Å²) < 4.78 is 1.56. The maximum Gasteiger partial charge on any atom is 0.277 e. The zero-order chi connectivity index (χ0) is 21.8. The number of nitrogens with one attached hydrogen (secondary N) is 1. The number of aryl methyl sites for hydroxylation is 2. The summed E-state index contributed by atoms with van der Waals surface area (Å²) in [5.74, 6) is -0.407. The summed E-state index contributed by atoms with van der Waals surface area (Å²) in [6, 6.07) is 13.8.